The minimum atomic E-state index is -4.50. The molecular weight excluding hydrogens is 1740 g/mol. The van der Waals surface area contributed by atoms with E-state index in [1.807, 2.05) is 46.4 Å². The molecule has 0 saturated carbocycles. The van der Waals surface area contributed by atoms with Crippen molar-refractivity contribution in [2.45, 2.75) is 488 Å². The van der Waals surface area contributed by atoms with Crippen molar-refractivity contribution in [3.8, 4) is 0 Å². The van der Waals surface area contributed by atoms with Crippen LogP contribution in [0.5, 0.6) is 0 Å². The maximum absolute atomic E-state index is 13.3. The number of aromatic nitrogens is 6. The smallest absolute Gasteiger partial charge is 0.380 e. The molecule has 9 saturated heterocycles. The van der Waals surface area contributed by atoms with E-state index in [0.29, 0.717) is 103 Å². The van der Waals surface area contributed by atoms with Gasteiger partial charge in [-0.2, -0.15) is 30.7 Å². The van der Waals surface area contributed by atoms with Crippen LogP contribution in [-0.2, 0) is 42.8 Å². The van der Waals surface area contributed by atoms with Gasteiger partial charge in [0.15, 0.2) is 5.60 Å². The fourth-order valence-electron chi connectivity index (χ4n) is 19.1. The van der Waals surface area contributed by atoms with E-state index in [-0.39, 0.29) is 83.7 Å². The first-order chi connectivity index (χ1) is 60.3. The fraction of sp³-hybridized carbons (Fsp3) is 0.962. The zero-order valence-corrected chi connectivity index (χ0v) is 93.9. The van der Waals surface area contributed by atoms with E-state index in [4.69, 9.17) is 4.74 Å². The largest absolute Gasteiger partial charge is 0.417 e. The maximum Gasteiger partial charge on any atom is 0.417 e. The lowest BCUT2D eigenvalue weighted by Crippen LogP contribution is -2.65. The van der Waals surface area contributed by atoms with Crippen molar-refractivity contribution in [1.82, 2.24) is 88.3 Å². The number of ether oxygens (including phenoxy) is 1. The highest BCUT2D eigenvalue weighted by molar-refractivity contribution is 5.07. The molecule has 9 fully saturated rings. The van der Waals surface area contributed by atoms with Gasteiger partial charge in [-0.15, -0.1) is 15.3 Å². The van der Waals surface area contributed by atoms with E-state index >= 15 is 0 Å². The van der Waals surface area contributed by atoms with E-state index in [2.05, 4.69) is 305 Å². The molecular formula is C104H203F11N18O2. The summed E-state index contributed by atoms with van der Waals surface area (Å²) in [6.07, 6.45) is 4.67. The summed E-state index contributed by atoms with van der Waals surface area (Å²) in [7, 11) is 2.19. The molecule has 13 heterocycles. The number of hydrogen-bond acceptors (Lipinski definition) is 18. The Morgan fingerprint density at radius 2 is 0.674 bits per heavy atom. The molecule has 11 aliphatic heterocycles. The predicted molar refractivity (Wildman–Crippen MR) is 538 cm³/mol. The van der Waals surface area contributed by atoms with Crippen LogP contribution in [0, 0.1) is 11.8 Å². The van der Waals surface area contributed by atoms with Gasteiger partial charge in [0.2, 0.25) is 11.6 Å². The Balaban J connectivity index is 0.000000385. The van der Waals surface area contributed by atoms with Crippen LogP contribution in [0.25, 0.3) is 0 Å². The number of aliphatic hydroxyl groups is 1. The SMILES string of the molecule is CC(C)(C)N1C(C)(C)CCCC1(C)C.CC(C)(C)N1CC(F)(F)C1.CC(C)(C)N1CCC(F)(F)CC1.CC(C)(C)N1CCC(O)(C(F)(F)F)CC1.CC(C)(C)N1CCCC1.CC(C)(C)N1CCOCC1.CC(F)(F)c1nc2n(n1)CCN(C(C)(C)C)C2.CC(F)(F)c1nnc2n1CCN(C(C)(C)C)C2.CC1CCN(C(C)(C)C)CC1.CC1CN(C(C)(C)C)C1.CN1CCN(C(C)(C)C)CC1. The number of halogens is 11. The Morgan fingerprint density at radius 1 is 0.333 bits per heavy atom. The molecule has 13 rings (SSSR count). The van der Waals surface area contributed by atoms with Crippen LogP contribution < -0.4 is 0 Å². The monoisotopic (exact) mass is 1950 g/mol. The molecule has 1 N–H and O–H groups in total. The molecule has 0 unspecified atom stereocenters. The average Bonchev–Trinajstić information content (AvgIpc) is 1.63. The summed E-state index contributed by atoms with van der Waals surface area (Å²) in [5.41, 5.74) is 0.236. The van der Waals surface area contributed by atoms with Gasteiger partial charge in [-0.25, -0.2) is 27.2 Å². The van der Waals surface area contributed by atoms with Crippen molar-refractivity contribution in [3.63, 3.8) is 0 Å². The molecule has 0 amide bonds. The first-order valence-electron chi connectivity index (χ1n) is 51.1. The molecule has 11 aliphatic rings. The van der Waals surface area contributed by atoms with Gasteiger partial charge in [0, 0.05) is 197 Å². The highest BCUT2D eigenvalue weighted by atomic mass is 19.4. The summed E-state index contributed by atoms with van der Waals surface area (Å²) in [5.74, 6) is -8.17. The van der Waals surface area contributed by atoms with E-state index < -0.39 is 35.5 Å². The quantitative estimate of drug-likeness (QED) is 0.286. The number of hydrogen-bond donors (Lipinski definition) is 1. The van der Waals surface area contributed by atoms with Crippen molar-refractivity contribution < 1.29 is 58.1 Å². The Labute approximate surface area is 816 Å². The van der Waals surface area contributed by atoms with E-state index in [0.717, 1.165) is 65.1 Å². The van der Waals surface area contributed by atoms with E-state index in [1.54, 1.807) is 14.1 Å². The first kappa shape index (κ1) is 126. The third-order valence-electron chi connectivity index (χ3n) is 28.1. The highest BCUT2D eigenvalue weighted by Crippen LogP contribution is 2.45. The van der Waals surface area contributed by atoms with Crippen LogP contribution in [0.4, 0.5) is 48.3 Å². The molecule has 135 heavy (non-hydrogen) atoms. The number of rotatable bonds is 2. The number of morpholine rings is 1. The molecule has 31 heteroatoms. The first-order valence-corrected chi connectivity index (χ1v) is 51.1. The number of fused-ring (bicyclic) bond motifs is 2. The van der Waals surface area contributed by atoms with Crippen LogP contribution >= 0.6 is 0 Å². The van der Waals surface area contributed by atoms with Gasteiger partial charge in [0.05, 0.1) is 45.9 Å². The number of alkyl halides is 11. The van der Waals surface area contributed by atoms with Crippen LogP contribution in [0.2, 0.25) is 0 Å². The maximum atomic E-state index is 13.3. The summed E-state index contributed by atoms with van der Waals surface area (Å²) in [6.45, 7) is 110. The summed E-state index contributed by atoms with van der Waals surface area (Å²) < 4.78 is 149. The van der Waals surface area contributed by atoms with Gasteiger partial charge in [0.25, 0.3) is 11.8 Å². The number of piperidine rings is 4. The van der Waals surface area contributed by atoms with E-state index in [9.17, 15) is 53.4 Å². The lowest BCUT2D eigenvalue weighted by molar-refractivity contribution is -0.274. The Bertz CT molecular complexity index is 3600. The van der Waals surface area contributed by atoms with Crippen molar-refractivity contribution in [2.75, 3.05) is 151 Å². The normalized spacial score (nSPS) is 23.1. The van der Waals surface area contributed by atoms with E-state index in [1.165, 1.54) is 110 Å². The van der Waals surface area contributed by atoms with Crippen molar-refractivity contribution in [3.05, 3.63) is 23.3 Å². The standard InChI is InChI=1S/C13H27N.2C11H18F2N4.C10H18F3NO.C10H21N.C9H17F2N.C9H20N2.C8H17NO.2C8H17N.C7H13F2N/c1-11(2,3)14-12(4,5)9-8-10-13(14,6)7;1-10(2,3)16-5-6-17-8(7-16)14-15-9(17)11(4,12)13;1-10(2,3)16-5-6-17-8(7-16)14-9(15-17)11(4,12)13;1-8(2,3)14-6-4-9(15,5-7-14)10(11,12)13;1-9-5-7-11(8-6-9)10(2,3)4;1-8(2,3)12-6-4-9(10,11)5-7-12;1-9(2,3)11-7-5-10(4)6-8-11;1-8(2,3)9-4-6-10-7-5-9;1-7-5-9(6-7)8(2,3)4;1-8(2,3)9-6-4-5-7-9;1-6(2,3)10-4-7(8,9)5-10/h8-10H2,1-7H3;2*5-7H2,1-4H3;15H,4-7H2,1-3H3;9H,5-8H2,1-4H3;4-7H2,1-3H3;5-8H2,1-4H3;4-7H2,1-3H3;7H,5-6H2,1-4H3;4-7H2,1-3H3;4-5H2,1-3H3. The third-order valence-corrected chi connectivity index (χ3v) is 28.1. The van der Waals surface area contributed by atoms with Crippen molar-refractivity contribution in [1.29, 1.82) is 0 Å². The Kier molecular flexibility index (Phi) is 45.6. The second kappa shape index (κ2) is 48.8. The van der Waals surface area contributed by atoms with Gasteiger partial charge < -0.3 is 19.3 Å². The minimum Gasteiger partial charge on any atom is -0.380 e. The Morgan fingerprint density at radius 3 is 0.985 bits per heavy atom. The lowest BCUT2D eigenvalue weighted by atomic mass is 9.76. The molecule has 0 atom stereocenters. The summed E-state index contributed by atoms with van der Waals surface area (Å²) in [5, 5.41) is 20.8. The average molecular weight is 1950 g/mol. The van der Waals surface area contributed by atoms with Gasteiger partial charge in [-0.1, -0.05) is 13.8 Å². The van der Waals surface area contributed by atoms with Gasteiger partial charge in [0.1, 0.15) is 11.6 Å². The van der Waals surface area contributed by atoms with Gasteiger partial charge in [-0.3, -0.25) is 53.9 Å². The highest BCUT2D eigenvalue weighted by Gasteiger charge is 2.56. The van der Waals surface area contributed by atoms with Crippen LogP contribution in [0.15, 0.2) is 0 Å². The molecule has 0 aromatic carbocycles. The zero-order valence-electron chi connectivity index (χ0n) is 93.9. The number of likely N-dealkylation sites (N-methyl/N-ethyl adjacent to an activating group) is 1. The summed E-state index contributed by atoms with van der Waals surface area (Å²) >= 11 is 0. The third kappa shape index (κ3) is 43.4. The minimum absolute atomic E-state index is 0.0181. The second-order valence-corrected chi connectivity index (χ2v) is 52.8. The topological polar surface area (TPSA) is 130 Å². The van der Waals surface area contributed by atoms with Crippen LogP contribution in [0.3, 0.4) is 0 Å². The molecule has 2 aromatic rings. The Hall–Kier alpha value is -3.05. The molecule has 0 aliphatic carbocycles. The molecule has 0 bridgehead atoms. The number of nitrogens with zero attached hydrogens (tertiary/aromatic N) is 18. The molecule has 0 radical (unpaired) electrons. The van der Waals surface area contributed by atoms with Crippen molar-refractivity contribution in [2.24, 2.45) is 11.8 Å². The molecule has 798 valence electrons. The summed E-state index contributed by atoms with van der Waals surface area (Å²) in [6, 6.07) is 0. The molecule has 20 nitrogen and oxygen atoms in total. The summed E-state index contributed by atoms with van der Waals surface area (Å²) in [4.78, 5) is 32.0. The lowest BCUT2D eigenvalue weighted by Gasteiger charge is -2.59. The number of piperazine rings is 1. The van der Waals surface area contributed by atoms with Crippen LogP contribution in [-0.4, -0.2) is 340 Å². The molecule has 2 aromatic heterocycles. The van der Waals surface area contributed by atoms with Gasteiger partial charge in [-0.05, 0) is 359 Å². The van der Waals surface area contributed by atoms with Crippen LogP contribution in [0.1, 0.15) is 378 Å². The fourth-order valence-corrected chi connectivity index (χ4v) is 19.1. The predicted octanol–water partition coefficient (Wildman–Crippen LogP) is 22.5. The number of likely N-dealkylation sites (tertiary alicyclic amines) is 7. The second-order valence-electron chi connectivity index (χ2n) is 52.8. The zero-order chi connectivity index (χ0) is 105. The van der Waals surface area contributed by atoms with Gasteiger partial charge >= 0.3 is 18.0 Å². The van der Waals surface area contributed by atoms with Crippen molar-refractivity contribution >= 4 is 0 Å². The molecule has 0 spiro atoms.